The van der Waals surface area contributed by atoms with E-state index in [0.717, 1.165) is 11.3 Å². The van der Waals surface area contributed by atoms with Crippen molar-refractivity contribution >= 4 is 23.4 Å². The molecule has 2 aromatic rings. The van der Waals surface area contributed by atoms with Crippen molar-refractivity contribution in [3.05, 3.63) is 87.2 Å². The van der Waals surface area contributed by atoms with Crippen LogP contribution in [0, 0.1) is 0 Å². The standard InChI is InChI=1S/C24H22ClNO4/c1-13-21(24(29)30-2)22(15-4-3-5-18(27)10-15)23-19(26-13)11-16(12-20(23)28)14-6-8-17(25)9-7-14/h3-10,16,22,26-27H,11-12H2,1-2H3/t16-,22+/m0/s1. The number of ketones is 1. The van der Waals surface area contributed by atoms with Crippen LogP contribution >= 0.6 is 11.6 Å². The fraction of sp³-hybridized carbons (Fsp3) is 0.250. The fourth-order valence-electron chi connectivity index (χ4n) is 4.43. The fourth-order valence-corrected chi connectivity index (χ4v) is 4.55. The van der Waals surface area contributed by atoms with Gasteiger partial charge in [-0.3, -0.25) is 4.79 Å². The number of phenols is 1. The summed E-state index contributed by atoms with van der Waals surface area (Å²) in [5, 5.41) is 14.0. The Balaban J connectivity index is 1.80. The number of ether oxygens (including phenoxy) is 1. The topological polar surface area (TPSA) is 75.6 Å². The molecule has 0 saturated heterocycles. The van der Waals surface area contributed by atoms with Crippen LogP contribution in [0.5, 0.6) is 5.75 Å². The minimum absolute atomic E-state index is 0.0223. The monoisotopic (exact) mass is 423 g/mol. The molecule has 1 heterocycles. The number of dihydropyridines is 1. The number of Topliss-reactive ketones (excluding diaryl/α,β-unsaturated/α-hetero) is 1. The number of halogens is 1. The number of methoxy groups -OCH3 is 1. The van der Waals surface area contributed by atoms with Gasteiger partial charge < -0.3 is 15.2 Å². The molecule has 2 aliphatic rings. The molecule has 0 saturated carbocycles. The largest absolute Gasteiger partial charge is 0.508 e. The van der Waals surface area contributed by atoms with Crippen LogP contribution in [0.4, 0.5) is 0 Å². The summed E-state index contributed by atoms with van der Waals surface area (Å²) >= 11 is 6.01. The van der Waals surface area contributed by atoms with Gasteiger partial charge in [0.25, 0.3) is 0 Å². The zero-order chi connectivity index (χ0) is 21.4. The summed E-state index contributed by atoms with van der Waals surface area (Å²) in [5.41, 5.74) is 4.15. The van der Waals surface area contributed by atoms with Gasteiger partial charge in [0, 0.05) is 34.3 Å². The maximum absolute atomic E-state index is 13.3. The van der Waals surface area contributed by atoms with Crippen LogP contribution in [0.1, 0.15) is 42.7 Å². The number of phenolic OH excluding ortho intramolecular Hbond substituents is 1. The van der Waals surface area contributed by atoms with Gasteiger partial charge in [0.1, 0.15) is 5.75 Å². The Bertz CT molecular complexity index is 1080. The molecule has 5 nitrogen and oxygen atoms in total. The lowest BCUT2D eigenvalue weighted by molar-refractivity contribution is -0.136. The summed E-state index contributed by atoms with van der Waals surface area (Å²) in [6.07, 6.45) is 0.981. The van der Waals surface area contributed by atoms with Crippen molar-refractivity contribution in [2.24, 2.45) is 0 Å². The van der Waals surface area contributed by atoms with Gasteiger partial charge in [-0.25, -0.2) is 4.79 Å². The molecule has 2 atom stereocenters. The highest BCUT2D eigenvalue weighted by Crippen LogP contribution is 2.46. The number of carbonyl (C=O) groups excluding carboxylic acids is 2. The third-order valence-corrected chi connectivity index (χ3v) is 6.03. The summed E-state index contributed by atoms with van der Waals surface area (Å²) in [6, 6.07) is 14.2. The first-order valence-corrected chi connectivity index (χ1v) is 10.1. The zero-order valence-corrected chi connectivity index (χ0v) is 17.5. The van der Waals surface area contributed by atoms with E-state index < -0.39 is 11.9 Å². The van der Waals surface area contributed by atoms with Crippen LogP contribution in [0.3, 0.4) is 0 Å². The van der Waals surface area contributed by atoms with Crippen molar-refractivity contribution < 1.29 is 19.4 Å². The molecular weight excluding hydrogens is 402 g/mol. The summed E-state index contributed by atoms with van der Waals surface area (Å²) in [7, 11) is 1.32. The lowest BCUT2D eigenvalue weighted by Crippen LogP contribution is -2.36. The third-order valence-electron chi connectivity index (χ3n) is 5.78. The molecule has 0 radical (unpaired) electrons. The summed E-state index contributed by atoms with van der Waals surface area (Å²) in [5.74, 6) is -0.992. The predicted molar refractivity (Wildman–Crippen MR) is 114 cm³/mol. The number of rotatable bonds is 3. The molecular formula is C24H22ClNO4. The maximum Gasteiger partial charge on any atom is 0.336 e. The molecule has 154 valence electrons. The Morgan fingerprint density at radius 3 is 2.53 bits per heavy atom. The lowest BCUT2D eigenvalue weighted by Gasteiger charge is -2.36. The van der Waals surface area contributed by atoms with Crippen molar-refractivity contribution in [3.8, 4) is 5.75 Å². The molecule has 2 aromatic carbocycles. The molecule has 0 unspecified atom stereocenters. The first-order chi connectivity index (χ1) is 14.4. The third kappa shape index (κ3) is 3.61. The molecule has 1 aliphatic carbocycles. The van der Waals surface area contributed by atoms with Gasteiger partial charge in [0.2, 0.25) is 0 Å². The number of benzene rings is 2. The molecule has 0 aromatic heterocycles. The first-order valence-electron chi connectivity index (χ1n) is 9.75. The van der Waals surface area contributed by atoms with E-state index in [1.807, 2.05) is 37.3 Å². The number of allylic oxidation sites excluding steroid dienone is 3. The van der Waals surface area contributed by atoms with E-state index in [9.17, 15) is 14.7 Å². The van der Waals surface area contributed by atoms with Gasteiger partial charge >= 0.3 is 5.97 Å². The Kier molecular flexibility index (Phi) is 5.39. The van der Waals surface area contributed by atoms with E-state index >= 15 is 0 Å². The SMILES string of the molecule is COC(=O)C1=C(C)NC2=C(C(=O)C[C@@H](c3ccc(Cl)cc3)C2)[C@@H]1c1cccc(O)c1. The second-order valence-corrected chi connectivity index (χ2v) is 8.09. The molecule has 0 bridgehead atoms. The van der Waals surface area contributed by atoms with E-state index in [4.69, 9.17) is 16.3 Å². The Hall–Kier alpha value is -3.05. The van der Waals surface area contributed by atoms with E-state index in [0.29, 0.717) is 40.3 Å². The average Bonchev–Trinajstić information content (AvgIpc) is 2.72. The summed E-state index contributed by atoms with van der Waals surface area (Å²) < 4.78 is 5.01. The average molecular weight is 424 g/mol. The summed E-state index contributed by atoms with van der Waals surface area (Å²) in [4.78, 5) is 26.0. The predicted octanol–water partition coefficient (Wildman–Crippen LogP) is 4.58. The number of nitrogens with one attached hydrogen (secondary N) is 1. The highest BCUT2D eigenvalue weighted by atomic mass is 35.5. The van der Waals surface area contributed by atoms with Crippen LogP contribution in [0.15, 0.2) is 71.1 Å². The second-order valence-electron chi connectivity index (χ2n) is 7.66. The van der Waals surface area contributed by atoms with Crippen LogP contribution in [0.25, 0.3) is 0 Å². The Labute approximate surface area is 180 Å². The first kappa shape index (κ1) is 20.2. The van der Waals surface area contributed by atoms with E-state index in [1.54, 1.807) is 18.2 Å². The number of carbonyl (C=O) groups is 2. The highest BCUT2D eigenvalue weighted by molar-refractivity contribution is 6.30. The van der Waals surface area contributed by atoms with Gasteiger partial charge in [0.05, 0.1) is 12.7 Å². The van der Waals surface area contributed by atoms with Crippen LogP contribution in [-0.2, 0) is 14.3 Å². The molecule has 6 heteroatoms. The number of hydrogen-bond acceptors (Lipinski definition) is 5. The number of hydrogen-bond donors (Lipinski definition) is 2. The normalized spacial score (nSPS) is 21.2. The lowest BCUT2D eigenvalue weighted by atomic mass is 9.71. The quantitative estimate of drug-likeness (QED) is 0.707. The minimum atomic E-state index is -0.584. The van der Waals surface area contributed by atoms with Crippen molar-refractivity contribution in [2.75, 3.05) is 7.11 Å². The second kappa shape index (κ2) is 8.00. The van der Waals surface area contributed by atoms with Crippen LogP contribution < -0.4 is 5.32 Å². The smallest absolute Gasteiger partial charge is 0.336 e. The van der Waals surface area contributed by atoms with Crippen molar-refractivity contribution in [3.63, 3.8) is 0 Å². The maximum atomic E-state index is 13.3. The Morgan fingerprint density at radius 1 is 1.13 bits per heavy atom. The summed E-state index contributed by atoms with van der Waals surface area (Å²) in [6.45, 7) is 1.81. The van der Waals surface area contributed by atoms with Crippen molar-refractivity contribution in [1.82, 2.24) is 5.32 Å². The molecule has 2 N–H and O–H groups in total. The minimum Gasteiger partial charge on any atom is -0.508 e. The Morgan fingerprint density at radius 2 is 1.87 bits per heavy atom. The van der Waals surface area contributed by atoms with Crippen LogP contribution in [0.2, 0.25) is 5.02 Å². The van der Waals surface area contributed by atoms with Gasteiger partial charge in [-0.2, -0.15) is 0 Å². The van der Waals surface area contributed by atoms with E-state index in [1.165, 1.54) is 7.11 Å². The number of esters is 1. The molecule has 0 amide bonds. The molecule has 4 rings (SSSR count). The zero-order valence-electron chi connectivity index (χ0n) is 16.7. The van der Waals surface area contributed by atoms with Crippen molar-refractivity contribution in [2.45, 2.75) is 31.6 Å². The van der Waals surface area contributed by atoms with Crippen LogP contribution in [-0.4, -0.2) is 24.0 Å². The van der Waals surface area contributed by atoms with E-state index in [2.05, 4.69) is 5.32 Å². The molecule has 30 heavy (non-hydrogen) atoms. The molecule has 0 fully saturated rings. The molecule has 0 spiro atoms. The van der Waals surface area contributed by atoms with Gasteiger partial charge in [-0.05, 0) is 54.7 Å². The van der Waals surface area contributed by atoms with E-state index in [-0.39, 0.29) is 17.5 Å². The number of aromatic hydroxyl groups is 1. The van der Waals surface area contributed by atoms with Gasteiger partial charge in [-0.1, -0.05) is 35.9 Å². The van der Waals surface area contributed by atoms with Crippen molar-refractivity contribution in [1.29, 1.82) is 0 Å². The van der Waals surface area contributed by atoms with Gasteiger partial charge in [0.15, 0.2) is 5.78 Å². The van der Waals surface area contributed by atoms with Gasteiger partial charge in [-0.15, -0.1) is 0 Å². The molecule has 1 aliphatic heterocycles. The highest BCUT2D eigenvalue weighted by Gasteiger charge is 2.41.